The Hall–Kier alpha value is -2.28. The molecule has 0 unspecified atom stereocenters. The van der Waals surface area contributed by atoms with Gasteiger partial charge >= 0.3 is 0 Å². The van der Waals surface area contributed by atoms with E-state index >= 15 is 0 Å². The fraction of sp³-hybridized carbons (Fsp3) is 0.579. The Kier molecular flexibility index (Phi) is 10.9. The van der Waals surface area contributed by atoms with Gasteiger partial charge in [-0.2, -0.15) is 0 Å². The highest BCUT2D eigenvalue weighted by molar-refractivity contribution is 5.86. The molecule has 3 N–H and O–H groups in total. The number of carbonyl (C=O) groups excluding carboxylic acids is 1. The van der Waals surface area contributed by atoms with Crippen LogP contribution in [0.15, 0.2) is 23.2 Å². The van der Waals surface area contributed by atoms with Gasteiger partial charge in [-0.3, -0.25) is 4.79 Å². The zero-order valence-corrected chi connectivity index (χ0v) is 16.4. The lowest BCUT2D eigenvalue weighted by atomic mass is 10.1. The topological polar surface area (TPSA) is 84.0 Å². The maximum absolute atomic E-state index is 11.7. The molecule has 0 aliphatic rings. The number of aryl methyl sites for hydroxylation is 1. The highest BCUT2D eigenvalue weighted by Crippen LogP contribution is 2.21. The molecule has 7 heteroatoms. The lowest BCUT2D eigenvalue weighted by Gasteiger charge is -2.13. The smallest absolute Gasteiger partial charge is 0.239 e. The number of benzene rings is 1. The van der Waals surface area contributed by atoms with E-state index in [1.807, 2.05) is 39.0 Å². The molecule has 0 heterocycles. The Balaban J connectivity index is 2.71. The van der Waals surface area contributed by atoms with Gasteiger partial charge in [-0.15, -0.1) is 0 Å². The van der Waals surface area contributed by atoms with E-state index in [-0.39, 0.29) is 12.5 Å². The first-order valence-corrected chi connectivity index (χ1v) is 9.10. The first kappa shape index (κ1) is 21.8. The van der Waals surface area contributed by atoms with Crippen molar-refractivity contribution in [3.8, 4) is 5.75 Å². The van der Waals surface area contributed by atoms with Crippen LogP contribution >= 0.6 is 0 Å². The summed E-state index contributed by atoms with van der Waals surface area (Å²) in [5.74, 6) is 1.36. The quantitative estimate of drug-likeness (QED) is 0.316. The van der Waals surface area contributed by atoms with Gasteiger partial charge in [0, 0.05) is 25.8 Å². The van der Waals surface area contributed by atoms with Gasteiger partial charge in [0.05, 0.1) is 19.7 Å². The van der Waals surface area contributed by atoms with Gasteiger partial charge in [0.2, 0.25) is 5.91 Å². The van der Waals surface area contributed by atoms with Crippen LogP contribution < -0.4 is 20.7 Å². The third-order valence-electron chi connectivity index (χ3n) is 3.51. The van der Waals surface area contributed by atoms with Crippen LogP contribution in [0, 0.1) is 6.92 Å². The van der Waals surface area contributed by atoms with Crippen LogP contribution in [0.4, 0.5) is 0 Å². The zero-order chi connectivity index (χ0) is 19.2. The molecule has 26 heavy (non-hydrogen) atoms. The molecule has 0 fully saturated rings. The van der Waals surface area contributed by atoms with Crippen molar-refractivity contribution in [3.63, 3.8) is 0 Å². The van der Waals surface area contributed by atoms with E-state index in [1.165, 1.54) is 0 Å². The van der Waals surface area contributed by atoms with E-state index in [1.54, 1.807) is 7.11 Å². The van der Waals surface area contributed by atoms with Gasteiger partial charge in [0.25, 0.3) is 0 Å². The third kappa shape index (κ3) is 8.71. The van der Waals surface area contributed by atoms with Crippen LogP contribution in [-0.2, 0) is 16.1 Å². The molecule has 1 aromatic carbocycles. The van der Waals surface area contributed by atoms with Gasteiger partial charge in [-0.25, -0.2) is 4.99 Å². The SMILES string of the molecule is CCCNC(=O)CNC(=NCc1ccc(C)cc1OCCOC)NCC. The van der Waals surface area contributed by atoms with Crippen molar-refractivity contribution in [2.45, 2.75) is 33.7 Å². The molecule has 0 aliphatic carbocycles. The predicted octanol–water partition coefficient (Wildman–Crippen LogP) is 1.60. The summed E-state index contributed by atoms with van der Waals surface area (Å²) in [6, 6.07) is 6.05. The Morgan fingerprint density at radius 1 is 1.15 bits per heavy atom. The molecule has 1 aromatic rings. The number of rotatable bonds is 11. The van der Waals surface area contributed by atoms with Crippen LogP contribution in [0.25, 0.3) is 0 Å². The first-order valence-electron chi connectivity index (χ1n) is 9.10. The predicted molar refractivity (Wildman–Crippen MR) is 105 cm³/mol. The molecule has 7 nitrogen and oxygen atoms in total. The molecule has 0 radical (unpaired) electrons. The fourth-order valence-electron chi connectivity index (χ4n) is 2.16. The van der Waals surface area contributed by atoms with Gasteiger partial charge in [0.1, 0.15) is 12.4 Å². The monoisotopic (exact) mass is 364 g/mol. The van der Waals surface area contributed by atoms with E-state index in [4.69, 9.17) is 9.47 Å². The molecule has 146 valence electrons. The molecule has 0 bridgehead atoms. The molecule has 1 rings (SSSR count). The maximum atomic E-state index is 11.7. The van der Waals surface area contributed by atoms with Crippen molar-refractivity contribution in [1.29, 1.82) is 0 Å². The highest BCUT2D eigenvalue weighted by atomic mass is 16.5. The largest absolute Gasteiger partial charge is 0.491 e. The van der Waals surface area contributed by atoms with Gasteiger partial charge in [0.15, 0.2) is 5.96 Å². The van der Waals surface area contributed by atoms with E-state index < -0.39 is 0 Å². The van der Waals surface area contributed by atoms with Crippen molar-refractivity contribution in [1.82, 2.24) is 16.0 Å². The number of hydrogen-bond acceptors (Lipinski definition) is 4. The van der Waals surface area contributed by atoms with Gasteiger partial charge in [-0.1, -0.05) is 19.1 Å². The fourth-order valence-corrected chi connectivity index (χ4v) is 2.16. The maximum Gasteiger partial charge on any atom is 0.239 e. The second-order valence-electron chi connectivity index (χ2n) is 5.85. The van der Waals surface area contributed by atoms with E-state index in [0.717, 1.165) is 23.3 Å². The van der Waals surface area contributed by atoms with Crippen LogP contribution in [0.5, 0.6) is 5.75 Å². The van der Waals surface area contributed by atoms with Gasteiger partial charge in [-0.05, 0) is 31.9 Å². The van der Waals surface area contributed by atoms with E-state index in [0.29, 0.717) is 38.8 Å². The van der Waals surface area contributed by atoms with Crippen LogP contribution in [-0.4, -0.2) is 51.8 Å². The van der Waals surface area contributed by atoms with Gasteiger partial charge < -0.3 is 25.4 Å². The number of guanidine groups is 1. The Labute approximate surface area is 156 Å². The molecule has 0 aromatic heterocycles. The number of aliphatic imine (C=N–C) groups is 1. The zero-order valence-electron chi connectivity index (χ0n) is 16.4. The summed E-state index contributed by atoms with van der Waals surface area (Å²) in [4.78, 5) is 16.3. The summed E-state index contributed by atoms with van der Waals surface area (Å²) < 4.78 is 10.8. The van der Waals surface area contributed by atoms with Crippen LogP contribution in [0.1, 0.15) is 31.4 Å². The van der Waals surface area contributed by atoms with Crippen LogP contribution in [0.2, 0.25) is 0 Å². The summed E-state index contributed by atoms with van der Waals surface area (Å²) in [5, 5.41) is 9.03. The second kappa shape index (κ2) is 13.0. The number of ether oxygens (including phenoxy) is 2. The molecule has 0 saturated heterocycles. The number of amides is 1. The number of nitrogens with zero attached hydrogens (tertiary/aromatic N) is 1. The average Bonchev–Trinajstić information content (AvgIpc) is 2.63. The minimum atomic E-state index is -0.0450. The highest BCUT2D eigenvalue weighted by Gasteiger charge is 2.06. The lowest BCUT2D eigenvalue weighted by molar-refractivity contribution is -0.120. The molecule has 0 spiro atoms. The van der Waals surface area contributed by atoms with Crippen molar-refractivity contribution in [2.24, 2.45) is 4.99 Å². The van der Waals surface area contributed by atoms with Crippen LogP contribution in [0.3, 0.4) is 0 Å². The summed E-state index contributed by atoms with van der Waals surface area (Å²) in [6.07, 6.45) is 0.916. The molecule has 0 atom stereocenters. The Morgan fingerprint density at radius 3 is 2.65 bits per heavy atom. The van der Waals surface area contributed by atoms with E-state index in [2.05, 4.69) is 20.9 Å². The van der Waals surface area contributed by atoms with Crippen molar-refractivity contribution in [2.75, 3.05) is 40.0 Å². The normalized spacial score (nSPS) is 11.2. The average molecular weight is 364 g/mol. The summed E-state index contributed by atoms with van der Waals surface area (Å²) in [7, 11) is 1.65. The van der Waals surface area contributed by atoms with Crippen molar-refractivity contribution >= 4 is 11.9 Å². The standard InChI is InChI=1S/C19H32N4O3/c1-5-9-21-18(24)14-23-19(20-6-2)22-13-16-8-7-15(3)12-17(16)26-11-10-25-4/h7-8,12H,5-6,9-11,13-14H2,1-4H3,(H,21,24)(H2,20,22,23). The lowest BCUT2D eigenvalue weighted by Crippen LogP contribution is -2.43. The number of nitrogens with one attached hydrogen (secondary N) is 3. The van der Waals surface area contributed by atoms with E-state index in [9.17, 15) is 4.79 Å². The minimum Gasteiger partial charge on any atom is -0.491 e. The molecule has 1 amide bonds. The minimum absolute atomic E-state index is 0.0450. The number of hydrogen-bond donors (Lipinski definition) is 3. The summed E-state index contributed by atoms with van der Waals surface area (Å²) in [6.45, 7) is 9.10. The van der Waals surface area contributed by atoms with Crippen molar-refractivity contribution < 1.29 is 14.3 Å². The number of carbonyl (C=O) groups is 1. The summed E-state index contributed by atoms with van der Waals surface area (Å²) >= 11 is 0. The molecule has 0 aliphatic heterocycles. The molecular weight excluding hydrogens is 332 g/mol. The first-order chi connectivity index (χ1) is 12.6. The second-order valence-corrected chi connectivity index (χ2v) is 5.85. The third-order valence-corrected chi connectivity index (χ3v) is 3.51. The number of methoxy groups -OCH3 is 1. The summed E-state index contributed by atoms with van der Waals surface area (Å²) in [5.41, 5.74) is 2.11. The van der Waals surface area contributed by atoms with Crippen molar-refractivity contribution in [3.05, 3.63) is 29.3 Å². The Morgan fingerprint density at radius 2 is 1.96 bits per heavy atom. The molecule has 0 saturated carbocycles. The Bertz CT molecular complexity index is 576. The molecular formula is C19H32N4O3.